The first-order valence-corrected chi connectivity index (χ1v) is 13.6. The Morgan fingerprint density at radius 1 is 0.952 bits per heavy atom. The minimum Gasteiger partial charge on any atom is -0.497 e. The molecule has 0 saturated carbocycles. The van der Waals surface area contributed by atoms with Crippen LogP contribution in [0.3, 0.4) is 0 Å². The summed E-state index contributed by atoms with van der Waals surface area (Å²) in [6.07, 6.45) is -1.92. The topological polar surface area (TPSA) is 121 Å². The van der Waals surface area contributed by atoms with Gasteiger partial charge in [0.15, 0.2) is 0 Å². The van der Waals surface area contributed by atoms with Gasteiger partial charge in [-0.1, -0.05) is 84.0 Å². The molecule has 42 heavy (non-hydrogen) atoms. The van der Waals surface area contributed by atoms with Crippen molar-refractivity contribution in [1.29, 1.82) is 0 Å². The number of Topliss-reactive ketones (excluding diaryl/α,β-unsaturated/α-hetero) is 1. The molecule has 1 aliphatic heterocycles. The summed E-state index contributed by atoms with van der Waals surface area (Å²) in [6, 6.07) is 25.8. The van der Waals surface area contributed by atoms with Crippen molar-refractivity contribution in [2.24, 2.45) is 5.11 Å². The maximum Gasteiger partial charge on any atom is 0.264 e. The number of ketones is 1. The van der Waals surface area contributed by atoms with Crippen LogP contribution in [0.15, 0.2) is 103 Å². The molecular weight excluding hydrogens is 538 g/mol. The van der Waals surface area contributed by atoms with Crippen LogP contribution in [0, 0.1) is 0 Å². The lowest BCUT2D eigenvalue weighted by Crippen LogP contribution is -2.69. The molecule has 3 aromatic carbocycles. The predicted octanol–water partition coefficient (Wildman–Crippen LogP) is 6.02. The molecule has 1 saturated heterocycles. The van der Waals surface area contributed by atoms with Gasteiger partial charge in [-0.25, -0.2) is 0 Å². The Bertz CT molecular complexity index is 1330. The third-order valence-electron chi connectivity index (χ3n) is 6.85. The highest BCUT2D eigenvalue weighted by molar-refractivity contribution is 6.02. The molecule has 0 radical (unpaired) electrons. The smallest absolute Gasteiger partial charge is 0.264 e. The number of carbonyl (C=O) groups excluding carboxylic acids is 1. The molecule has 10 heteroatoms. The molecule has 1 aliphatic rings. The van der Waals surface area contributed by atoms with E-state index < -0.39 is 42.7 Å². The largest absolute Gasteiger partial charge is 0.497 e. The quantitative estimate of drug-likeness (QED) is 0.0717. The fourth-order valence-electron chi connectivity index (χ4n) is 4.84. The first-order chi connectivity index (χ1) is 20.5. The number of hydrogen-bond acceptors (Lipinski definition) is 8. The van der Waals surface area contributed by atoms with Gasteiger partial charge in [0.05, 0.1) is 33.0 Å². The number of ether oxygens (including phenoxy) is 6. The first-order valence-electron chi connectivity index (χ1n) is 13.6. The lowest BCUT2D eigenvalue weighted by Gasteiger charge is -2.50. The summed E-state index contributed by atoms with van der Waals surface area (Å²) < 4.78 is 36.9. The predicted molar refractivity (Wildman–Crippen MR) is 156 cm³/mol. The maximum absolute atomic E-state index is 14.2. The lowest BCUT2D eigenvalue weighted by molar-refractivity contribution is -0.348. The van der Waals surface area contributed by atoms with Crippen LogP contribution in [0.4, 0.5) is 0 Å². The molecule has 0 N–H and O–H groups in total. The van der Waals surface area contributed by atoms with Gasteiger partial charge in [0.2, 0.25) is 5.78 Å². The monoisotopic (exact) mass is 573 g/mol. The van der Waals surface area contributed by atoms with Gasteiger partial charge in [0.1, 0.15) is 30.8 Å². The van der Waals surface area contributed by atoms with Crippen LogP contribution < -0.4 is 4.74 Å². The van der Waals surface area contributed by atoms with E-state index in [1.54, 1.807) is 38.3 Å². The van der Waals surface area contributed by atoms with E-state index in [2.05, 4.69) is 16.6 Å². The molecule has 0 bridgehead atoms. The highest BCUT2D eigenvalue weighted by Crippen LogP contribution is 2.39. The van der Waals surface area contributed by atoms with Crippen LogP contribution in [-0.4, -0.2) is 56.4 Å². The molecule has 220 valence electrons. The number of benzene rings is 3. The summed E-state index contributed by atoms with van der Waals surface area (Å²) in [5.41, 5.74) is 11.1. The summed E-state index contributed by atoms with van der Waals surface area (Å²) >= 11 is 0. The van der Waals surface area contributed by atoms with E-state index in [1.165, 1.54) is 6.08 Å². The van der Waals surface area contributed by atoms with Gasteiger partial charge in [-0.15, -0.1) is 6.58 Å². The summed E-state index contributed by atoms with van der Waals surface area (Å²) in [7, 11) is 1.60. The van der Waals surface area contributed by atoms with E-state index in [-0.39, 0.29) is 19.8 Å². The molecule has 10 nitrogen and oxygen atoms in total. The Balaban J connectivity index is 1.75. The fourth-order valence-corrected chi connectivity index (χ4v) is 4.84. The van der Waals surface area contributed by atoms with Crippen molar-refractivity contribution in [3.05, 3.63) is 125 Å². The molecule has 0 aromatic heterocycles. The van der Waals surface area contributed by atoms with Crippen molar-refractivity contribution in [2.45, 2.75) is 50.3 Å². The standard InChI is InChI=1S/C32H35N3O7/c1-4-19-41-32(30(36)26-13-9-6-10-14-26)31(40-22-34-35-33)29(39-21-25-15-17-27(37-3)18-16-25)28(23(2)42-32)38-20-24-11-7-5-8-12-24/h4-18,23,28-29,31H,1,19-22H2,2-3H3/t23-,28-,29+,31+,32+/m0/s1. The zero-order chi connectivity index (χ0) is 29.8. The van der Waals surface area contributed by atoms with Crippen LogP contribution in [0.1, 0.15) is 28.4 Å². The fraction of sp³-hybridized carbons (Fsp3) is 0.344. The van der Waals surface area contributed by atoms with E-state index in [0.29, 0.717) is 11.3 Å². The van der Waals surface area contributed by atoms with Crippen molar-refractivity contribution < 1.29 is 33.2 Å². The van der Waals surface area contributed by atoms with Gasteiger partial charge in [-0.2, -0.15) is 0 Å². The molecule has 5 atom stereocenters. The van der Waals surface area contributed by atoms with Crippen molar-refractivity contribution in [3.63, 3.8) is 0 Å². The van der Waals surface area contributed by atoms with E-state index in [9.17, 15) is 4.79 Å². The Morgan fingerprint density at radius 3 is 2.19 bits per heavy atom. The number of hydrogen-bond donors (Lipinski definition) is 0. The third kappa shape index (κ3) is 7.43. The van der Waals surface area contributed by atoms with Crippen LogP contribution in [-0.2, 0) is 36.9 Å². The van der Waals surface area contributed by atoms with Gasteiger partial charge < -0.3 is 28.4 Å². The van der Waals surface area contributed by atoms with E-state index in [4.69, 9.17) is 34.0 Å². The second-order valence-corrected chi connectivity index (χ2v) is 9.62. The highest BCUT2D eigenvalue weighted by atomic mass is 16.7. The van der Waals surface area contributed by atoms with Crippen LogP contribution in [0.25, 0.3) is 10.4 Å². The number of carbonyl (C=O) groups is 1. The summed E-state index contributed by atoms with van der Waals surface area (Å²) in [6.45, 7) is 5.55. The Hall–Kier alpha value is -4.02. The SMILES string of the molecule is C=CCO[C@]1(C(=O)c2ccccc2)O[C@@H](C)[C@H](OCc2ccccc2)[C@@H](OCc2ccc(OC)cc2)[C@H]1OCN=[N+]=[N-]. The normalized spacial score (nSPS) is 23.5. The molecule has 0 spiro atoms. The average molecular weight is 574 g/mol. The zero-order valence-corrected chi connectivity index (χ0v) is 23.7. The Labute approximate surface area is 245 Å². The first kappa shape index (κ1) is 30.9. The number of azide groups is 1. The van der Waals surface area contributed by atoms with Gasteiger partial charge in [0.25, 0.3) is 5.79 Å². The minimum atomic E-state index is -1.96. The molecule has 1 heterocycles. The molecule has 4 rings (SSSR count). The average Bonchev–Trinajstić information content (AvgIpc) is 3.04. The van der Waals surface area contributed by atoms with Crippen LogP contribution >= 0.6 is 0 Å². The zero-order valence-electron chi connectivity index (χ0n) is 23.7. The maximum atomic E-state index is 14.2. The molecule has 0 unspecified atom stereocenters. The number of nitrogens with zero attached hydrogens (tertiary/aromatic N) is 3. The van der Waals surface area contributed by atoms with Crippen LogP contribution in [0.2, 0.25) is 0 Å². The van der Waals surface area contributed by atoms with Gasteiger partial charge in [-0.05, 0) is 35.7 Å². The number of rotatable bonds is 15. The van der Waals surface area contributed by atoms with Crippen molar-refractivity contribution >= 4 is 5.78 Å². The van der Waals surface area contributed by atoms with Crippen molar-refractivity contribution in [1.82, 2.24) is 0 Å². The van der Waals surface area contributed by atoms with E-state index >= 15 is 0 Å². The molecule has 3 aromatic rings. The van der Waals surface area contributed by atoms with E-state index in [1.807, 2.05) is 60.7 Å². The van der Waals surface area contributed by atoms with Gasteiger partial charge in [-0.3, -0.25) is 4.79 Å². The summed E-state index contributed by atoms with van der Waals surface area (Å²) in [5.74, 6) is -1.72. The Morgan fingerprint density at radius 2 is 1.57 bits per heavy atom. The molecule has 0 amide bonds. The third-order valence-corrected chi connectivity index (χ3v) is 6.85. The van der Waals surface area contributed by atoms with Crippen molar-refractivity contribution in [3.8, 4) is 5.75 Å². The molecular formula is C32H35N3O7. The molecule has 0 aliphatic carbocycles. The highest BCUT2D eigenvalue weighted by Gasteiger charge is 2.61. The minimum absolute atomic E-state index is 0.0204. The van der Waals surface area contributed by atoms with Gasteiger partial charge in [0, 0.05) is 10.5 Å². The number of methoxy groups -OCH3 is 1. The Kier molecular flexibility index (Phi) is 11.2. The van der Waals surface area contributed by atoms with E-state index in [0.717, 1.165) is 11.1 Å². The summed E-state index contributed by atoms with van der Waals surface area (Å²) in [5, 5.41) is 3.56. The summed E-state index contributed by atoms with van der Waals surface area (Å²) in [4.78, 5) is 17.0. The second kappa shape index (κ2) is 15.3. The van der Waals surface area contributed by atoms with Crippen LogP contribution in [0.5, 0.6) is 5.75 Å². The second-order valence-electron chi connectivity index (χ2n) is 9.62. The van der Waals surface area contributed by atoms with Gasteiger partial charge >= 0.3 is 0 Å². The van der Waals surface area contributed by atoms with Crippen molar-refractivity contribution in [2.75, 3.05) is 20.4 Å². The molecule has 1 fully saturated rings. The lowest BCUT2D eigenvalue weighted by atomic mass is 9.87.